The second-order valence-electron chi connectivity index (χ2n) is 9.54. The number of aryl methyl sites for hydroxylation is 2. The number of aromatic nitrogens is 2. The maximum absolute atomic E-state index is 12.4. The molecule has 9 heteroatoms. The van der Waals surface area contributed by atoms with Crippen LogP contribution in [0, 0.1) is 19.8 Å². The predicted octanol–water partition coefficient (Wildman–Crippen LogP) is 5.69. The Bertz CT molecular complexity index is 964. The monoisotopic (exact) mass is 536 g/mol. The van der Waals surface area contributed by atoms with Crippen molar-refractivity contribution in [2.45, 2.75) is 78.1 Å². The maximum atomic E-state index is 12.4. The van der Waals surface area contributed by atoms with Crippen LogP contribution in [0.25, 0.3) is 0 Å². The van der Waals surface area contributed by atoms with E-state index in [1.165, 1.54) is 62.0 Å². The summed E-state index contributed by atoms with van der Waals surface area (Å²) in [5.41, 5.74) is 8.11. The van der Waals surface area contributed by atoms with E-state index in [0.717, 1.165) is 53.0 Å². The molecule has 1 aliphatic heterocycles. The Labute approximate surface area is 224 Å². The summed E-state index contributed by atoms with van der Waals surface area (Å²) in [4.78, 5) is 22.4. The van der Waals surface area contributed by atoms with Gasteiger partial charge in [0.05, 0.1) is 11.4 Å². The second kappa shape index (κ2) is 16.5. The molecule has 0 radical (unpaired) electrons. The zero-order valence-corrected chi connectivity index (χ0v) is 23.1. The Morgan fingerprint density at radius 1 is 1.22 bits per heavy atom. The fourth-order valence-corrected chi connectivity index (χ4v) is 5.59. The molecule has 2 aromatic rings. The summed E-state index contributed by atoms with van der Waals surface area (Å²) in [6.07, 6.45) is 9.74. The number of halogens is 2. The summed E-state index contributed by atoms with van der Waals surface area (Å²) in [6, 6.07) is 2.08. The van der Waals surface area contributed by atoms with Crippen molar-refractivity contribution >= 4 is 17.2 Å². The number of rotatable bonds is 8. The van der Waals surface area contributed by atoms with Crippen molar-refractivity contribution < 1.29 is 18.3 Å². The first-order valence-corrected chi connectivity index (χ1v) is 13.9. The molecular weight excluding hydrogens is 494 g/mol. The normalized spacial score (nSPS) is 16.0. The smallest absolute Gasteiger partial charge is 0.272 e. The molecule has 2 aliphatic rings. The Hall–Kier alpha value is -2.39. The van der Waals surface area contributed by atoms with Crippen LogP contribution in [0.1, 0.15) is 65.2 Å². The first kappa shape index (κ1) is 30.8. The third-order valence-corrected chi connectivity index (χ3v) is 7.55. The minimum atomic E-state index is -2.46. The van der Waals surface area contributed by atoms with Gasteiger partial charge in [-0.25, -0.2) is 18.7 Å². The predicted molar refractivity (Wildman–Crippen MR) is 147 cm³/mol. The van der Waals surface area contributed by atoms with Crippen LogP contribution in [0.3, 0.4) is 0 Å². The molecule has 0 aromatic carbocycles. The van der Waals surface area contributed by atoms with Crippen LogP contribution in [-0.4, -0.2) is 53.4 Å². The molecule has 2 N–H and O–H groups in total. The average molecular weight is 537 g/mol. The molecule has 1 fully saturated rings. The third kappa shape index (κ3) is 11.3. The minimum absolute atomic E-state index is 0.302. The molecule has 1 amide bonds. The number of carbonyl (C=O) groups is 1. The molecule has 0 unspecified atom stereocenters. The highest BCUT2D eigenvalue weighted by Crippen LogP contribution is 2.27. The van der Waals surface area contributed by atoms with Crippen molar-refractivity contribution in [3.8, 4) is 5.88 Å². The van der Waals surface area contributed by atoms with Gasteiger partial charge in [-0.1, -0.05) is 32.1 Å². The lowest BCUT2D eigenvalue weighted by atomic mass is 9.87. The molecule has 206 valence electrons. The molecule has 2 aromatic heterocycles. The second-order valence-corrected chi connectivity index (χ2v) is 10.9. The number of thiazole rings is 1. The number of pyridine rings is 1. The van der Waals surface area contributed by atoms with Gasteiger partial charge in [0.15, 0.2) is 6.61 Å². The maximum Gasteiger partial charge on any atom is 0.272 e. The lowest BCUT2D eigenvalue weighted by Gasteiger charge is -2.26. The van der Waals surface area contributed by atoms with Crippen LogP contribution in [0.15, 0.2) is 25.4 Å². The van der Waals surface area contributed by atoms with Crippen molar-refractivity contribution in [2.75, 3.05) is 26.2 Å². The first-order valence-electron chi connectivity index (χ1n) is 13.1. The Morgan fingerprint density at radius 3 is 2.54 bits per heavy atom. The summed E-state index contributed by atoms with van der Waals surface area (Å²) >= 11 is 1.50. The van der Waals surface area contributed by atoms with Gasteiger partial charge in [-0.3, -0.25) is 4.79 Å². The SMILES string of the molecule is C=C.Cc1cc2c(nc1OCC(F)F)CCN(CCC1CCCCC1)CC2.Cc1ncc(CC(N)=O)s1. The number of primary amides is 1. The highest BCUT2D eigenvalue weighted by atomic mass is 32.1. The highest BCUT2D eigenvalue weighted by Gasteiger charge is 2.20. The summed E-state index contributed by atoms with van der Waals surface area (Å²) < 4.78 is 30.0. The van der Waals surface area contributed by atoms with Gasteiger partial charge in [0.1, 0.15) is 0 Å². The molecule has 37 heavy (non-hydrogen) atoms. The lowest BCUT2D eigenvalue weighted by molar-refractivity contribution is -0.117. The number of hydrogen-bond donors (Lipinski definition) is 1. The van der Waals surface area contributed by atoms with Crippen LogP contribution in [0.5, 0.6) is 5.88 Å². The number of amides is 1. The summed E-state index contributed by atoms with van der Waals surface area (Å²) in [5.74, 6) is 0.979. The molecule has 3 heterocycles. The number of hydrogen-bond acceptors (Lipinski definition) is 6. The number of ether oxygens (including phenoxy) is 1. The van der Waals surface area contributed by atoms with Crippen molar-refractivity contribution in [2.24, 2.45) is 11.7 Å². The van der Waals surface area contributed by atoms with Crippen LogP contribution >= 0.6 is 11.3 Å². The van der Waals surface area contributed by atoms with Crippen molar-refractivity contribution in [1.29, 1.82) is 0 Å². The molecule has 0 spiro atoms. The fourth-order valence-electron chi connectivity index (χ4n) is 4.79. The van der Waals surface area contributed by atoms with E-state index in [1.807, 2.05) is 13.8 Å². The Morgan fingerprint density at radius 2 is 1.92 bits per heavy atom. The number of nitrogens with two attached hydrogens (primary N) is 1. The topological polar surface area (TPSA) is 81.3 Å². The molecule has 1 saturated carbocycles. The summed E-state index contributed by atoms with van der Waals surface area (Å²) in [6.45, 7) is 12.4. The molecule has 1 aliphatic carbocycles. The van der Waals surface area contributed by atoms with Crippen LogP contribution in [0.4, 0.5) is 8.78 Å². The van der Waals surface area contributed by atoms with Crippen molar-refractivity contribution in [3.63, 3.8) is 0 Å². The Kier molecular flexibility index (Phi) is 13.7. The van der Waals surface area contributed by atoms with Gasteiger partial charge in [0.25, 0.3) is 6.43 Å². The van der Waals surface area contributed by atoms with Gasteiger partial charge < -0.3 is 15.4 Å². The number of carbonyl (C=O) groups excluding carboxylic acids is 1. The average Bonchev–Trinajstić information content (AvgIpc) is 3.18. The molecule has 0 bridgehead atoms. The van der Waals surface area contributed by atoms with Crippen molar-refractivity contribution in [1.82, 2.24) is 14.9 Å². The minimum Gasteiger partial charge on any atom is -0.471 e. The van der Waals surface area contributed by atoms with E-state index in [4.69, 9.17) is 10.5 Å². The molecular formula is C28H42F2N4O2S. The molecule has 0 atom stereocenters. The van der Waals surface area contributed by atoms with Crippen LogP contribution in [0.2, 0.25) is 0 Å². The summed E-state index contributed by atoms with van der Waals surface area (Å²) in [5, 5.41) is 0.969. The van der Waals surface area contributed by atoms with Gasteiger partial charge in [0, 0.05) is 41.8 Å². The van der Waals surface area contributed by atoms with E-state index in [1.54, 1.807) is 6.20 Å². The largest absolute Gasteiger partial charge is 0.471 e. The van der Waals surface area contributed by atoms with Crippen molar-refractivity contribution in [3.05, 3.63) is 52.1 Å². The molecule has 6 nitrogen and oxygen atoms in total. The van der Waals surface area contributed by atoms with E-state index < -0.39 is 13.0 Å². The van der Waals surface area contributed by atoms with Gasteiger partial charge in [0.2, 0.25) is 11.8 Å². The van der Waals surface area contributed by atoms with E-state index >= 15 is 0 Å². The third-order valence-electron chi connectivity index (χ3n) is 6.64. The fraction of sp³-hybridized carbons (Fsp3) is 0.607. The first-order chi connectivity index (χ1) is 17.8. The van der Waals surface area contributed by atoms with Gasteiger partial charge in [-0.15, -0.1) is 24.5 Å². The number of fused-ring (bicyclic) bond motifs is 1. The van der Waals surface area contributed by atoms with Gasteiger partial charge >= 0.3 is 0 Å². The highest BCUT2D eigenvalue weighted by molar-refractivity contribution is 7.11. The standard InChI is InChI=1S/C20H30F2N2O.C6H8N2OS.C2H4/c1-15-13-17-8-11-24(10-7-16-5-3-2-4-6-16)12-9-18(17)23-20(15)25-14-19(21)22;1-4-8-3-5(10-4)2-6(7)9;1-2/h13,16,19H,2-12,14H2,1H3;3H,2H2,1H3,(H2,7,9);1-2H2. The molecule has 4 rings (SSSR count). The summed E-state index contributed by atoms with van der Waals surface area (Å²) in [7, 11) is 0. The number of nitrogens with zero attached hydrogens (tertiary/aromatic N) is 3. The van der Waals surface area contributed by atoms with Gasteiger partial charge in [-0.2, -0.15) is 0 Å². The zero-order valence-electron chi connectivity index (χ0n) is 22.3. The van der Waals surface area contributed by atoms with E-state index in [-0.39, 0.29) is 5.91 Å². The van der Waals surface area contributed by atoms with E-state index in [2.05, 4.69) is 34.1 Å². The number of alkyl halides is 2. The van der Waals surface area contributed by atoms with Gasteiger partial charge in [-0.05, 0) is 50.8 Å². The zero-order chi connectivity index (χ0) is 27.2. The van der Waals surface area contributed by atoms with Crippen LogP contribution < -0.4 is 10.5 Å². The van der Waals surface area contributed by atoms with E-state index in [9.17, 15) is 13.6 Å². The lowest BCUT2D eigenvalue weighted by Crippen LogP contribution is -2.29. The Balaban J connectivity index is 0.000000336. The molecule has 0 saturated heterocycles. The quantitative estimate of drug-likeness (QED) is 0.439. The van der Waals surface area contributed by atoms with Crippen LogP contribution in [-0.2, 0) is 24.1 Å². The van der Waals surface area contributed by atoms with E-state index in [0.29, 0.717) is 12.3 Å².